The molecule has 6 nitrogen and oxygen atoms in total. The molecule has 4 aromatic carbocycles. The van der Waals surface area contributed by atoms with Crippen LogP contribution in [0.3, 0.4) is 0 Å². The Morgan fingerprint density at radius 1 is 1.02 bits per heavy atom. The molecule has 0 aliphatic carbocycles. The van der Waals surface area contributed by atoms with Gasteiger partial charge in [-0.2, -0.15) is 0 Å². The van der Waals surface area contributed by atoms with Crippen LogP contribution in [0, 0.1) is 7.14 Å². The Balaban J connectivity index is 1.48. The van der Waals surface area contributed by atoms with Crippen LogP contribution >= 0.6 is 79.9 Å². The van der Waals surface area contributed by atoms with Crippen LogP contribution in [-0.2, 0) is 16.1 Å². The molecule has 0 amide bonds. The predicted molar refractivity (Wildman–Crippen MR) is 207 cm³/mol. The first-order valence-electron chi connectivity index (χ1n) is 14.6. The molecule has 1 atom stereocenters. The van der Waals surface area contributed by atoms with Gasteiger partial charge in [-0.1, -0.05) is 77.5 Å². The van der Waals surface area contributed by atoms with Crippen LogP contribution in [0.4, 0.5) is 0 Å². The molecular weight excluding hydrogens is 878 g/mol. The quantitative estimate of drug-likeness (QED) is 0.0851. The normalized spacial score (nSPS) is 14.5. The molecule has 6 rings (SSSR count). The lowest BCUT2D eigenvalue weighted by Gasteiger charge is -2.26. The molecule has 238 valence electrons. The number of benzene rings is 4. The molecule has 2 heterocycles. The van der Waals surface area contributed by atoms with E-state index < -0.39 is 12.0 Å². The molecule has 1 aliphatic heterocycles. The van der Waals surface area contributed by atoms with E-state index in [-0.39, 0.29) is 12.2 Å². The van der Waals surface area contributed by atoms with Gasteiger partial charge in [0.05, 0.1) is 35.6 Å². The fourth-order valence-corrected chi connectivity index (χ4v) is 9.03. The topological polar surface area (TPSA) is 69.9 Å². The van der Waals surface area contributed by atoms with Gasteiger partial charge < -0.3 is 9.47 Å². The third-order valence-corrected chi connectivity index (χ3v) is 11.0. The van der Waals surface area contributed by atoms with Crippen molar-refractivity contribution in [2.75, 3.05) is 12.9 Å². The summed E-state index contributed by atoms with van der Waals surface area (Å²) in [5, 5.41) is 0.664. The highest BCUT2D eigenvalue weighted by atomic mass is 127. The molecule has 47 heavy (non-hydrogen) atoms. The number of thioether (sulfide) groups is 1. The van der Waals surface area contributed by atoms with E-state index in [0.717, 1.165) is 40.0 Å². The van der Waals surface area contributed by atoms with E-state index in [1.165, 1.54) is 11.3 Å². The summed E-state index contributed by atoms with van der Waals surface area (Å²) in [6, 6.07) is 28.4. The molecule has 0 saturated heterocycles. The second-order valence-electron chi connectivity index (χ2n) is 10.4. The highest BCUT2D eigenvalue weighted by molar-refractivity contribution is 14.1. The summed E-state index contributed by atoms with van der Waals surface area (Å²) < 4.78 is 15.7. The Morgan fingerprint density at radius 3 is 2.40 bits per heavy atom. The minimum Gasteiger partial charge on any atom is -0.487 e. The van der Waals surface area contributed by atoms with Crippen molar-refractivity contribution in [1.82, 2.24) is 4.57 Å². The van der Waals surface area contributed by atoms with Crippen LogP contribution in [0.15, 0.2) is 111 Å². The number of esters is 1. The first-order valence-corrected chi connectivity index (χ1v) is 19.1. The lowest BCUT2D eigenvalue weighted by molar-refractivity contribution is -0.138. The summed E-state index contributed by atoms with van der Waals surface area (Å²) in [5.41, 5.74) is 4.01. The first-order chi connectivity index (χ1) is 22.8. The molecule has 0 radical (unpaired) electrons. The van der Waals surface area contributed by atoms with Gasteiger partial charge in [0.2, 0.25) is 0 Å². The standard InChI is InChI=1S/C36H27ClI2N2O4S2/c1-3-44-35(43)30-31(23-9-5-4-6-10-23)40-36-41(32(30)24-12-14-26(46-2)15-13-24)34(42)29(47-36)19-22-17-27(38)33(28(39)18-22)45-20-21-8-7-11-25(37)16-21/h4-19,32H,3,20H2,1-2H3/b29-19-/t32-/m0/s1. The van der Waals surface area contributed by atoms with Gasteiger partial charge in [0.25, 0.3) is 5.56 Å². The van der Waals surface area contributed by atoms with E-state index in [4.69, 9.17) is 26.1 Å². The number of hydrogen-bond acceptors (Lipinski definition) is 7. The molecule has 5 aromatic rings. The number of nitrogens with zero attached hydrogens (tertiary/aromatic N) is 2. The van der Waals surface area contributed by atoms with Crippen molar-refractivity contribution in [2.24, 2.45) is 4.99 Å². The first kappa shape index (κ1) is 34.0. The summed E-state index contributed by atoms with van der Waals surface area (Å²) in [6.07, 6.45) is 3.88. The van der Waals surface area contributed by atoms with E-state index in [1.54, 1.807) is 23.3 Å². The third-order valence-electron chi connectivity index (χ3n) is 7.40. The van der Waals surface area contributed by atoms with Gasteiger partial charge in [-0.05, 0) is 118 Å². The smallest absolute Gasteiger partial charge is 0.338 e. The zero-order valence-corrected chi connectivity index (χ0v) is 31.9. The molecule has 1 aliphatic rings. The molecule has 0 saturated carbocycles. The zero-order chi connectivity index (χ0) is 33.1. The number of halogens is 3. The van der Waals surface area contributed by atoms with E-state index >= 15 is 0 Å². The van der Waals surface area contributed by atoms with Crippen molar-refractivity contribution in [2.45, 2.75) is 24.5 Å². The Bertz CT molecular complexity index is 2160. The predicted octanol–water partition coefficient (Wildman–Crippen LogP) is 8.10. The van der Waals surface area contributed by atoms with Gasteiger partial charge in [0.15, 0.2) is 4.80 Å². The second-order valence-corrected chi connectivity index (χ2v) is 15.1. The second kappa shape index (κ2) is 15.1. The molecule has 0 bridgehead atoms. The Labute approximate surface area is 312 Å². The molecule has 0 fully saturated rings. The number of ether oxygens (including phenoxy) is 2. The number of hydrogen-bond donors (Lipinski definition) is 0. The minimum atomic E-state index is -0.721. The zero-order valence-electron chi connectivity index (χ0n) is 25.2. The van der Waals surface area contributed by atoms with E-state index in [9.17, 15) is 9.59 Å². The summed E-state index contributed by atoms with van der Waals surface area (Å²) >= 11 is 13.6. The number of thiazole rings is 1. The van der Waals surface area contributed by atoms with Crippen molar-refractivity contribution in [1.29, 1.82) is 0 Å². The number of fused-ring (bicyclic) bond motifs is 1. The fourth-order valence-electron chi connectivity index (χ4n) is 5.28. The maximum absolute atomic E-state index is 14.3. The van der Waals surface area contributed by atoms with Crippen LogP contribution < -0.4 is 19.6 Å². The highest BCUT2D eigenvalue weighted by Gasteiger charge is 2.35. The monoisotopic (exact) mass is 904 g/mol. The van der Waals surface area contributed by atoms with Crippen molar-refractivity contribution >= 4 is 97.6 Å². The van der Waals surface area contributed by atoms with Crippen LogP contribution in [0.2, 0.25) is 5.02 Å². The highest BCUT2D eigenvalue weighted by Crippen LogP contribution is 2.36. The van der Waals surface area contributed by atoms with Crippen molar-refractivity contribution in [3.8, 4) is 5.75 Å². The summed E-state index contributed by atoms with van der Waals surface area (Å²) in [6.45, 7) is 2.35. The van der Waals surface area contributed by atoms with Crippen molar-refractivity contribution < 1.29 is 14.3 Å². The van der Waals surface area contributed by atoms with Crippen LogP contribution in [-0.4, -0.2) is 23.4 Å². The average Bonchev–Trinajstić information content (AvgIpc) is 3.38. The molecule has 1 aromatic heterocycles. The molecule has 11 heteroatoms. The van der Waals surface area contributed by atoms with Gasteiger partial charge >= 0.3 is 5.97 Å². The number of rotatable bonds is 9. The maximum atomic E-state index is 14.3. The summed E-state index contributed by atoms with van der Waals surface area (Å²) in [7, 11) is 0. The SMILES string of the molecule is CCOC(=O)C1=C(c2ccccc2)N=c2s/c(=C\c3cc(I)c(OCc4cccc(Cl)c4)c(I)c3)c(=O)n2[C@H]1c1ccc(SC)cc1. The summed E-state index contributed by atoms with van der Waals surface area (Å²) in [4.78, 5) is 34.5. The number of aromatic nitrogens is 1. The molecule has 0 unspecified atom stereocenters. The molecule has 0 N–H and O–H groups in total. The van der Waals surface area contributed by atoms with E-state index in [0.29, 0.717) is 32.2 Å². The Kier molecular flexibility index (Phi) is 10.9. The van der Waals surface area contributed by atoms with Crippen molar-refractivity contribution in [3.63, 3.8) is 0 Å². The lowest BCUT2D eigenvalue weighted by atomic mass is 9.93. The third kappa shape index (κ3) is 7.41. The number of carbonyl (C=O) groups is 1. The van der Waals surface area contributed by atoms with Crippen LogP contribution in [0.25, 0.3) is 11.8 Å². The number of carbonyl (C=O) groups excluding carboxylic acids is 1. The van der Waals surface area contributed by atoms with Gasteiger partial charge in [0, 0.05) is 15.5 Å². The van der Waals surface area contributed by atoms with Gasteiger partial charge in [0.1, 0.15) is 12.4 Å². The Hall–Kier alpha value is -2.91. The molecule has 0 spiro atoms. The molecular formula is C36H27ClI2N2O4S2. The maximum Gasteiger partial charge on any atom is 0.338 e. The van der Waals surface area contributed by atoms with Crippen molar-refractivity contribution in [3.05, 3.63) is 151 Å². The lowest BCUT2D eigenvalue weighted by Crippen LogP contribution is -2.40. The van der Waals surface area contributed by atoms with Gasteiger partial charge in [-0.15, -0.1) is 11.8 Å². The van der Waals surface area contributed by atoms with Gasteiger partial charge in [-0.3, -0.25) is 9.36 Å². The van der Waals surface area contributed by atoms with Crippen LogP contribution in [0.5, 0.6) is 5.75 Å². The Morgan fingerprint density at radius 2 is 1.74 bits per heavy atom. The average molecular weight is 905 g/mol. The fraction of sp³-hybridized carbons (Fsp3) is 0.139. The van der Waals surface area contributed by atoms with Crippen LogP contribution in [0.1, 0.15) is 35.2 Å². The minimum absolute atomic E-state index is 0.197. The van der Waals surface area contributed by atoms with Gasteiger partial charge in [-0.25, -0.2) is 9.79 Å². The van der Waals surface area contributed by atoms with E-state index in [1.807, 2.05) is 103 Å². The van der Waals surface area contributed by atoms with E-state index in [2.05, 4.69) is 45.2 Å². The largest absolute Gasteiger partial charge is 0.487 e. The summed E-state index contributed by atoms with van der Waals surface area (Å²) in [5.74, 6) is 0.269.